The zero-order chi connectivity index (χ0) is 14.9. The topological polar surface area (TPSA) is 74.3 Å². The monoisotopic (exact) mass is 292 g/mol. The molecule has 5 nitrogen and oxygen atoms in total. The van der Waals surface area contributed by atoms with Gasteiger partial charge in [-0.05, 0) is 24.3 Å². The average Bonchev–Trinajstić information content (AvgIpc) is 2.88. The van der Waals surface area contributed by atoms with Crippen molar-refractivity contribution in [1.82, 2.24) is 10.3 Å². The van der Waals surface area contributed by atoms with Gasteiger partial charge in [0.2, 0.25) is 0 Å². The van der Waals surface area contributed by atoms with E-state index in [4.69, 9.17) is 4.74 Å². The first-order chi connectivity index (χ1) is 10.1. The fourth-order valence-electron chi connectivity index (χ4n) is 2.49. The molecular formula is C15H17FN2O3. The number of fused-ring (bicyclic) bond motifs is 1. The Balaban J connectivity index is 1.69. The molecule has 21 heavy (non-hydrogen) atoms. The summed E-state index contributed by atoms with van der Waals surface area (Å²) in [6.07, 6.45) is 1.01. The van der Waals surface area contributed by atoms with Crippen molar-refractivity contribution in [3.63, 3.8) is 0 Å². The Morgan fingerprint density at radius 2 is 2.14 bits per heavy atom. The summed E-state index contributed by atoms with van der Waals surface area (Å²) in [7, 11) is 0. The number of aromatic nitrogens is 1. The van der Waals surface area contributed by atoms with E-state index in [9.17, 15) is 14.3 Å². The van der Waals surface area contributed by atoms with E-state index in [1.165, 1.54) is 12.1 Å². The highest BCUT2D eigenvalue weighted by molar-refractivity contribution is 5.98. The van der Waals surface area contributed by atoms with Crippen LogP contribution >= 0.6 is 0 Å². The SMILES string of the molecule is O=C(NCC1(O)CCOCC1)c1cc2cc(F)ccc2[nH]1. The van der Waals surface area contributed by atoms with Gasteiger partial charge in [-0.25, -0.2) is 4.39 Å². The van der Waals surface area contributed by atoms with E-state index in [0.29, 0.717) is 42.7 Å². The van der Waals surface area contributed by atoms with Crippen LogP contribution in [-0.4, -0.2) is 41.4 Å². The van der Waals surface area contributed by atoms with Crippen molar-refractivity contribution in [3.8, 4) is 0 Å². The molecular weight excluding hydrogens is 275 g/mol. The molecule has 2 heterocycles. The molecule has 6 heteroatoms. The van der Waals surface area contributed by atoms with Crippen LogP contribution in [0.3, 0.4) is 0 Å². The van der Waals surface area contributed by atoms with Crippen LogP contribution in [0, 0.1) is 5.82 Å². The van der Waals surface area contributed by atoms with Gasteiger partial charge in [0.1, 0.15) is 11.5 Å². The van der Waals surface area contributed by atoms with E-state index < -0.39 is 5.60 Å². The largest absolute Gasteiger partial charge is 0.388 e. The Morgan fingerprint density at radius 1 is 1.38 bits per heavy atom. The number of rotatable bonds is 3. The number of aliphatic hydroxyl groups is 1. The predicted molar refractivity (Wildman–Crippen MR) is 75.6 cm³/mol. The van der Waals surface area contributed by atoms with Gasteiger partial charge in [-0.2, -0.15) is 0 Å². The number of halogens is 1. The molecule has 0 atom stereocenters. The van der Waals surface area contributed by atoms with E-state index >= 15 is 0 Å². The number of aromatic amines is 1. The fourth-order valence-corrected chi connectivity index (χ4v) is 2.49. The summed E-state index contributed by atoms with van der Waals surface area (Å²) in [4.78, 5) is 15.0. The normalized spacial score (nSPS) is 17.8. The van der Waals surface area contributed by atoms with Gasteiger partial charge in [-0.1, -0.05) is 0 Å². The maximum absolute atomic E-state index is 13.1. The van der Waals surface area contributed by atoms with Gasteiger partial charge in [-0.15, -0.1) is 0 Å². The van der Waals surface area contributed by atoms with E-state index in [1.807, 2.05) is 0 Å². The van der Waals surface area contributed by atoms with Crippen molar-refractivity contribution in [1.29, 1.82) is 0 Å². The number of hydrogen-bond acceptors (Lipinski definition) is 3. The fraction of sp³-hybridized carbons (Fsp3) is 0.400. The first-order valence-electron chi connectivity index (χ1n) is 6.92. The van der Waals surface area contributed by atoms with Crippen LogP contribution in [0.15, 0.2) is 24.3 Å². The van der Waals surface area contributed by atoms with Crippen LogP contribution in [0.5, 0.6) is 0 Å². The molecule has 0 aliphatic carbocycles. The van der Waals surface area contributed by atoms with Crippen molar-refractivity contribution < 1.29 is 19.0 Å². The average molecular weight is 292 g/mol. The van der Waals surface area contributed by atoms with Crippen molar-refractivity contribution in [2.75, 3.05) is 19.8 Å². The number of amides is 1. The summed E-state index contributed by atoms with van der Waals surface area (Å²) in [6, 6.07) is 5.90. The lowest BCUT2D eigenvalue weighted by Gasteiger charge is -2.31. The van der Waals surface area contributed by atoms with Crippen LogP contribution in [0.2, 0.25) is 0 Å². The summed E-state index contributed by atoms with van der Waals surface area (Å²) in [5.74, 6) is -0.656. The number of ether oxygens (including phenoxy) is 1. The van der Waals surface area contributed by atoms with Crippen LogP contribution in [0.25, 0.3) is 10.9 Å². The second-order valence-corrected chi connectivity index (χ2v) is 5.43. The quantitative estimate of drug-likeness (QED) is 0.804. The number of benzene rings is 1. The zero-order valence-corrected chi connectivity index (χ0v) is 11.5. The van der Waals surface area contributed by atoms with Gasteiger partial charge < -0.3 is 20.1 Å². The molecule has 3 N–H and O–H groups in total. The molecule has 1 aromatic heterocycles. The molecule has 0 saturated carbocycles. The molecule has 112 valence electrons. The number of hydrogen-bond donors (Lipinski definition) is 3. The van der Waals surface area contributed by atoms with E-state index in [1.54, 1.807) is 12.1 Å². The van der Waals surface area contributed by atoms with E-state index in [2.05, 4.69) is 10.3 Å². The molecule has 1 saturated heterocycles. The second kappa shape index (κ2) is 5.46. The minimum absolute atomic E-state index is 0.179. The zero-order valence-electron chi connectivity index (χ0n) is 11.5. The third kappa shape index (κ3) is 3.06. The van der Waals surface area contributed by atoms with Crippen molar-refractivity contribution in [2.45, 2.75) is 18.4 Å². The third-order valence-electron chi connectivity index (χ3n) is 3.83. The molecule has 1 fully saturated rings. The predicted octanol–water partition coefficient (Wildman–Crippen LogP) is 1.58. The summed E-state index contributed by atoms with van der Waals surface area (Å²) in [5.41, 5.74) is 0.143. The lowest BCUT2D eigenvalue weighted by molar-refractivity contribution is -0.0605. The molecule has 1 amide bonds. The molecule has 1 aliphatic rings. The standard InChI is InChI=1S/C15H17FN2O3/c16-11-1-2-12-10(7-11)8-13(18-12)14(19)17-9-15(20)3-5-21-6-4-15/h1-2,7-8,18,20H,3-6,9H2,(H,17,19). The Bertz CT molecular complexity index is 662. The summed E-state index contributed by atoms with van der Waals surface area (Å²) in [5, 5.41) is 13.6. The molecule has 0 unspecified atom stereocenters. The molecule has 0 bridgehead atoms. The summed E-state index contributed by atoms with van der Waals surface area (Å²) < 4.78 is 18.3. The second-order valence-electron chi connectivity index (χ2n) is 5.43. The third-order valence-corrected chi connectivity index (χ3v) is 3.83. The lowest BCUT2D eigenvalue weighted by atomic mass is 9.94. The van der Waals surface area contributed by atoms with Crippen LogP contribution < -0.4 is 5.32 Å². The lowest BCUT2D eigenvalue weighted by Crippen LogP contribution is -2.46. The first-order valence-corrected chi connectivity index (χ1v) is 6.92. The Hall–Kier alpha value is -1.92. The van der Waals surface area contributed by atoms with Gasteiger partial charge in [0.15, 0.2) is 0 Å². The highest BCUT2D eigenvalue weighted by Crippen LogP contribution is 2.20. The highest BCUT2D eigenvalue weighted by Gasteiger charge is 2.30. The van der Waals surface area contributed by atoms with E-state index in [-0.39, 0.29) is 18.3 Å². The van der Waals surface area contributed by atoms with E-state index in [0.717, 1.165) is 0 Å². The van der Waals surface area contributed by atoms with Crippen molar-refractivity contribution in [2.24, 2.45) is 0 Å². The minimum atomic E-state index is -0.911. The van der Waals surface area contributed by atoms with Crippen molar-refractivity contribution in [3.05, 3.63) is 35.8 Å². The minimum Gasteiger partial charge on any atom is -0.388 e. The van der Waals surface area contributed by atoms with Gasteiger partial charge in [0.25, 0.3) is 5.91 Å². The first kappa shape index (κ1) is 14.0. The molecule has 0 spiro atoms. The molecule has 3 rings (SSSR count). The number of H-pyrrole nitrogens is 1. The molecule has 1 aliphatic heterocycles. The Labute approximate surface area is 121 Å². The highest BCUT2D eigenvalue weighted by atomic mass is 19.1. The van der Waals surface area contributed by atoms with Crippen molar-refractivity contribution >= 4 is 16.8 Å². The summed E-state index contributed by atoms with van der Waals surface area (Å²) in [6.45, 7) is 1.18. The number of nitrogens with one attached hydrogen (secondary N) is 2. The maximum atomic E-state index is 13.1. The summed E-state index contributed by atoms with van der Waals surface area (Å²) >= 11 is 0. The van der Waals surface area contributed by atoms with Gasteiger partial charge >= 0.3 is 0 Å². The maximum Gasteiger partial charge on any atom is 0.267 e. The Kier molecular flexibility index (Phi) is 3.65. The number of carbonyl (C=O) groups excluding carboxylic acids is 1. The number of carbonyl (C=O) groups is 1. The van der Waals surface area contributed by atoms with Crippen LogP contribution in [0.4, 0.5) is 4.39 Å². The Morgan fingerprint density at radius 3 is 2.90 bits per heavy atom. The smallest absolute Gasteiger partial charge is 0.267 e. The van der Waals surface area contributed by atoms with Gasteiger partial charge in [0, 0.05) is 43.5 Å². The van der Waals surface area contributed by atoms with Crippen LogP contribution in [0.1, 0.15) is 23.3 Å². The van der Waals surface area contributed by atoms with Crippen LogP contribution in [-0.2, 0) is 4.74 Å². The molecule has 1 aromatic carbocycles. The molecule has 2 aromatic rings. The van der Waals surface area contributed by atoms with Gasteiger partial charge in [-0.3, -0.25) is 4.79 Å². The molecule has 0 radical (unpaired) electrons. The van der Waals surface area contributed by atoms with Gasteiger partial charge in [0.05, 0.1) is 5.60 Å².